The van der Waals surface area contributed by atoms with Gasteiger partial charge in [-0.05, 0) is 135 Å². The van der Waals surface area contributed by atoms with Crippen LogP contribution in [0.1, 0.15) is 79.0 Å². The Kier molecular flexibility index (Phi) is 22.4. The van der Waals surface area contributed by atoms with Gasteiger partial charge in [0.15, 0.2) is 0 Å². The molecular formula is C42H54N3O15Ru. The molecule has 0 fully saturated rings. The third kappa shape index (κ3) is 25.9. The number of phenolic OH excluding ortho intramolecular Hbond substituents is 3. The first-order valence-electron chi connectivity index (χ1n) is 18.5. The summed E-state index contributed by atoms with van der Waals surface area (Å²) in [4.78, 5) is 67.8. The first kappa shape index (κ1) is 54.9. The molecule has 18 nitrogen and oxygen atoms in total. The zero-order valence-electron chi connectivity index (χ0n) is 35.4. The number of nitrogens with one attached hydrogen (secondary N) is 3. The second-order valence-electron chi connectivity index (χ2n) is 16.2. The number of alkyl carbamates (subject to hydrolysis) is 3. The number of carbonyl (C=O) groups is 6. The quantitative estimate of drug-likeness (QED) is 0.111. The van der Waals surface area contributed by atoms with Crippen LogP contribution in [0.2, 0.25) is 0 Å². The van der Waals surface area contributed by atoms with E-state index in [2.05, 4.69) is 16.0 Å². The maximum Gasteiger partial charge on any atom is 3.00 e. The fraction of sp³-hybridized carbons (Fsp3) is 0.429. The van der Waals surface area contributed by atoms with Gasteiger partial charge >= 0.3 is 37.8 Å². The fourth-order valence-electron chi connectivity index (χ4n) is 4.53. The summed E-state index contributed by atoms with van der Waals surface area (Å²) in [6.07, 6.45) is -2.31. The number of amides is 3. The molecule has 3 unspecified atom stereocenters. The molecule has 3 rings (SSSR count). The predicted molar refractivity (Wildman–Crippen MR) is 210 cm³/mol. The van der Waals surface area contributed by atoms with Crippen LogP contribution < -0.4 is 31.3 Å². The second kappa shape index (κ2) is 24.9. The molecule has 19 heteroatoms. The van der Waals surface area contributed by atoms with E-state index in [-0.39, 0.29) is 56.0 Å². The zero-order chi connectivity index (χ0) is 46.0. The van der Waals surface area contributed by atoms with Gasteiger partial charge in [-0.3, -0.25) is 0 Å². The molecular weight excluding hydrogens is 888 g/mol. The van der Waals surface area contributed by atoms with Gasteiger partial charge in [0.1, 0.15) is 34.1 Å². The summed E-state index contributed by atoms with van der Waals surface area (Å²) < 4.78 is 15.0. The van der Waals surface area contributed by atoms with Crippen molar-refractivity contribution in [3.8, 4) is 17.2 Å². The van der Waals surface area contributed by atoms with Gasteiger partial charge in [0.05, 0.1) is 36.0 Å². The van der Waals surface area contributed by atoms with Gasteiger partial charge in [-0.2, -0.15) is 0 Å². The van der Waals surface area contributed by atoms with Gasteiger partial charge in [0.25, 0.3) is 0 Å². The molecule has 0 aliphatic rings. The minimum atomic E-state index is -1.40. The van der Waals surface area contributed by atoms with Crippen LogP contribution >= 0.6 is 0 Å². The number of phenols is 3. The maximum atomic E-state index is 11.6. The number of ether oxygens (including phenoxy) is 3. The first-order chi connectivity index (χ1) is 27.5. The van der Waals surface area contributed by atoms with Gasteiger partial charge in [-0.1, -0.05) is 36.4 Å². The van der Waals surface area contributed by atoms with Crippen LogP contribution in [-0.4, -0.2) is 86.4 Å². The number of carboxylic acids is 3. The van der Waals surface area contributed by atoms with Crippen LogP contribution in [0.25, 0.3) is 0 Å². The summed E-state index contributed by atoms with van der Waals surface area (Å²) in [5.74, 6) is -3.95. The largest absolute Gasteiger partial charge is 3.00 e. The molecule has 0 aliphatic carbocycles. The van der Waals surface area contributed by atoms with Gasteiger partial charge in [-0.25, -0.2) is 14.4 Å². The summed E-state index contributed by atoms with van der Waals surface area (Å²) in [6, 6.07) is 14.5. The third-order valence-electron chi connectivity index (χ3n) is 7.05. The minimum absolute atomic E-state index is 0. The van der Waals surface area contributed by atoms with E-state index in [1.54, 1.807) is 98.7 Å². The van der Waals surface area contributed by atoms with E-state index in [9.17, 15) is 44.1 Å². The molecule has 0 spiro atoms. The molecule has 0 aliphatic heterocycles. The summed E-state index contributed by atoms with van der Waals surface area (Å²) in [6.45, 7) is 15.1. The Morgan fingerprint density at radius 2 is 0.623 bits per heavy atom. The molecule has 335 valence electrons. The Balaban J connectivity index is 0.000000878. The van der Waals surface area contributed by atoms with Crippen molar-refractivity contribution in [2.24, 2.45) is 0 Å². The normalized spacial score (nSPS) is 12.3. The van der Waals surface area contributed by atoms with Crippen LogP contribution in [0.5, 0.6) is 17.2 Å². The van der Waals surface area contributed by atoms with E-state index >= 15 is 0 Å². The second-order valence-corrected chi connectivity index (χ2v) is 16.2. The molecule has 3 aromatic rings. The Morgan fingerprint density at radius 3 is 0.770 bits per heavy atom. The number of aromatic hydroxyl groups is 3. The topological polar surface area (TPSA) is 296 Å². The smallest absolute Gasteiger partial charge is 0.548 e. The molecule has 3 aromatic carbocycles. The Labute approximate surface area is 367 Å². The minimum Gasteiger partial charge on any atom is -0.548 e. The molecule has 3 atom stereocenters. The predicted octanol–water partition coefficient (Wildman–Crippen LogP) is 1.73. The van der Waals surface area contributed by atoms with Crippen molar-refractivity contribution >= 4 is 36.2 Å². The monoisotopic (exact) mass is 942 g/mol. The van der Waals surface area contributed by atoms with E-state index in [0.29, 0.717) is 16.7 Å². The van der Waals surface area contributed by atoms with Gasteiger partial charge < -0.3 is 75.2 Å². The van der Waals surface area contributed by atoms with Crippen molar-refractivity contribution in [2.75, 3.05) is 0 Å². The van der Waals surface area contributed by atoms with Crippen LogP contribution in [0, 0.1) is 0 Å². The van der Waals surface area contributed by atoms with E-state index < -0.39 is 71.1 Å². The summed E-state index contributed by atoms with van der Waals surface area (Å²) >= 11 is 0. The number of hydrogen-bond acceptors (Lipinski definition) is 15. The molecule has 6 N–H and O–H groups in total. The third-order valence-corrected chi connectivity index (χ3v) is 7.05. The average Bonchev–Trinajstić information content (AvgIpc) is 3.08. The number of carboxylic acid groups (broad SMARTS) is 3. The van der Waals surface area contributed by atoms with Gasteiger partial charge in [0, 0.05) is 0 Å². The molecule has 3 amide bonds. The standard InChI is InChI=1S/3C14H19NO5.Ru/c3*1-14(2,3)20-13(19)15-11(12(17)18)8-9-4-6-10(16)7-5-9;/h3*4-7,11,16H,8H2,1-3H3,(H,15,19)(H,17,18);/q;;;+3/p-3. The molecule has 1 radical (unpaired) electrons. The molecule has 0 heterocycles. The summed E-state index contributed by atoms with van der Waals surface area (Å²) in [5.41, 5.74) is -0.189. The van der Waals surface area contributed by atoms with E-state index in [1.165, 1.54) is 36.4 Å². The van der Waals surface area contributed by atoms with Gasteiger partial charge in [0.2, 0.25) is 0 Å². The van der Waals surface area contributed by atoms with Crippen LogP contribution in [0.3, 0.4) is 0 Å². The maximum absolute atomic E-state index is 11.6. The zero-order valence-corrected chi connectivity index (χ0v) is 37.1. The van der Waals surface area contributed by atoms with Crippen molar-refractivity contribution in [1.82, 2.24) is 16.0 Å². The average molecular weight is 942 g/mol. The van der Waals surface area contributed by atoms with Crippen molar-refractivity contribution in [1.29, 1.82) is 0 Å². The fourth-order valence-corrected chi connectivity index (χ4v) is 4.53. The molecule has 0 saturated heterocycles. The van der Waals surface area contributed by atoms with Crippen molar-refractivity contribution in [2.45, 2.75) is 117 Å². The van der Waals surface area contributed by atoms with Crippen molar-refractivity contribution in [3.63, 3.8) is 0 Å². The van der Waals surface area contributed by atoms with Crippen LogP contribution in [0.15, 0.2) is 72.8 Å². The summed E-state index contributed by atoms with van der Waals surface area (Å²) in [7, 11) is 0. The van der Waals surface area contributed by atoms with Crippen LogP contribution in [0.4, 0.5) is 14.4 Å². The van der Waals surface area contributed by atoms with Gasteiger partial charge in [-0.15, -0.1) is 0 Å². The molecule has 0 aromatic heterocycles. The Bertz CT molecular complexity index is 1650. The molecule has 0 bridgehead atoms. The van der Waals surface area contributed by atoms with Crippen molar-refractivity contribution < 1.29 is 93.1 Å². The Hall–Kier alpha value is -6.10. The van der Waals surface area contributed by atoms with E-state index in [1.807, 2.05) is 0 Å². The summed E-state index contributed by atoms with van der Waals surface area (Å²) in [5, 5.41) is 67.3. The molecule has 61 heavy (non-hydrogen) atoms. The number of rotatable bonds is 12. The molecule has 0 saturated carbocycles. The van der Waals surface area contributed by atoms with Crippen molar-refractivity contribution in [3.05, 3.63) is 89.5 Å². The van der Waals surface area contributed by atoms with E-state index in [0.717, 1.165) is 0 Å². The number of aliphatic carboxylic acids is 3. The van der Waals surface area contributed by atoms with E-state index in [4.69, 9.17) is 29.5 Å². The number of carbonyl (C=O) groups excluding carboxylic acids is 6. The first-order valence-corrected chi connectivity index (χ1v) is 18.5. The SMILES string of the molecule is CC(C)(C)OC(=O)NC(Cc1ccc(O)cc1)C(=O)[O-].CC(C)(C)OC(=O)NC(Cc1ccc(O)cc1)C(=O)[O-].CC(C)(C)OC(=O)NC(Cc1ccc(O)cc1)C(=O)[O-].[Ru+3]. The Morgan fingerprint density at radius 1 is 0.443 bits per heavy atom. The number of hydrogen-bond donors (Lipinski definition) is 6. The van der Waals surface area contributed by atoms with Crippen LogP contribution in [-0.2, 0) is 67.3 Å². The number of benzene rings is 3.